The van der Waals surface area contributed by atoms with Crippen molar-refractivity contribution in [3.05, 3.63) is 180 Å². The van der Waals surface area contributed by atoms with Crippen LogP contribution in [-0.4, -0.2) is 9.97 Å². The minimum atomic E-state index is 0.356. The molecule has 0 fully saturated rings. The molecule has 0 spiro atoms. The number of benzene rings is 6. The van der Waals surface area contributed by atoms with Crippen LogP contribution in [0.3, 0.4) is 0 Å². The van der Waals surface area contributed by atoms with Crippen molar-refractivity contribution in [2.75, 3.05) is 4.90 Å². The van der Waals surface area contributed by atoms with E-state index in [2.05, 4.69) is 151 Å². The van der Waals surface area contributed by atoms with Crippen molar-refractivity contribution in [1.82, 2.24) is 9.97 Å². The Hall–Kier alpha value is -5.62. The van der Waals surface area contributed by atoms with Gasteiger partial charge in [-0.15, -0.1) is 0 Å². The van der Waals surface area contributed by atoms with Gasteiger partial charge in [-0.3, -0.25) is 0 Å². The first-order chi connectivity index (χ1) is 26.2. The fourth-order valence-electron chi connectivity index (χ4n) is 8.34. The van der Waals surface area contributed by atoms with Crippen LogP contribution in [0.1, 0.15) is 30.7 Å². The highest BCUT2D eigenvalue weighted by molar-refractivity contribution is 8.05. The van der Waals surface area contributed by atoms with Crippen LogP contribution in [-0.2, 0) is 0 Å². The highest BCUT2D eigenvalue weighted by Crippen LogP contribution is 2.58. The van der Waals surface area contributed by atoms with Gasteiger partial charge in [0.15, 0.2) is 5.82 Å². The Balaban J connectivity index is 0.978. The van der Waals surface area contributed by atoms with E-state index in [0.29, 0.717) is 5.92 Å². The van der Waals surface area contributed by atoms with E-state index in [9.17, 15) is 0 Å². The van der Waals surface area contributed by atoms with Gasteiger partial charge in [0.25, 0.3) is 0 Å². The van der Waals surface area contributed by atoms with E-state index in [4.69, 9.17) is 9.97 Å². The molecule has 1 aromatic heterocycles. The Labute approximate surface area is 317 Å². The summed E-state index contributed by atoms with van der Waals surface area (Å²) in [6, 6.07) is 50.2. The molecule has 0 saturated carbocycles. The van der Waals surface area contributed by atoms with E-state index in [-0.39, 0.29) is 0 Å². The molecule has 11 rings (SSSR count). The number of fused-ring (bicyclic) bond motifs is 6. The Morgan fingerprint density at radius 2 is 1.34 bits per heavy atom. The summed E-state index contributed by atoms with van der Waals surface area (Å²) in [5, 5.41) is 1.06. The van der Waals surface area contributed by atoms with Gasteiger partial charge in [0.05, 0.1) is 16.9 Å². The predicted molar refractivity (Wildman–Crippen MR) is 220 cm³/mol. The van der Waals surface area contributed by atoms with Crippen LogP contribution in [0.2, 0.25) is 0 Å². The zero-order chi connectivity index (χ0) is 34.9. The molecule has 53 heavy (non-hydrogen) atoms. The summed E-state index contributed by atoms with van der Waals surface area (Å²) in [4.78, 5) is 18.0. The first-order valence-corrected chi connectivity index (χ1v) is 19.9. The van der Waals surface area contributed by atoms with Crippen LogP contribution in [0.4, 0.5) is 11.4 Å². The third-order valence-electron chi connectivity index (χ3n) is 10.9. The molecule has 2 aliphatic heterocycles. The average Bonchev–Trinajstić information content (AvgIpc) is 3.52. The molecule has 1 atom stereocenters. The maximum atomic E-state index is 5.11. The molecule has 6 aromatic carbocycles. The van der Waals surface area contributed by atoms with Crippen molar-refractivity contribution in [3.8, 4) is 33.8 Å². The van der Waals surface area contributed by atoms with E-state index in [1.165, 1.54) is 58.9 Å². The molecule has 0 bridgehead atoms. The quantitative estimate of drug-likeness (QED) is 0.181. The van der Waals surface area contributed by atoms with Crippen molar-refractivity contribution in [3.63, 3.8) is 0 Å². The standard InChI is InChI=1S/C48H33N3S2/c1-2-11-31(12-3-1)47-37-17-6-7-18-40(37)49-48(50-47)32-23-21-30(22-24-32)33-15-10-16-36(25-33)51-41-27-35-14-5-4-13-34(35)26-38(41)39-28-45-46(29-42(39)51)53-44-20-9-8-19-43(44)52-45/h1-3,5-12,14-25,27-29,38H,4,13,26H2. The summed E-state index contributed by atoms with van der Waals surface area (Å²) in [6.45, 7) is 0. The molecular formula is C48H33N3S2. The van der Waals surface area contributed by atoms with Crippen molar-refractivity contribution in [2.24, 2.45) is 0 Å². The second-order valence-corrected chi connectivity index (χ2v) is 16.2. The third kappa shape index (κ3) is 5.29. The highest BCUT2D eigenvalue weighted by atomic mass is 32.2. The highest BCUT2D eigenvalue weighted by Gasteiger charge is 2.39. The molecule has 7 aromatic rings. The summed E-state index contributed by atoms with van der Waals surface area (Å²) in [5.74, 6) is 1.09. The monoisotopic (exact) mass is 715 g/mol. The van der Waals surface area contributed by atoms with Gasteiger partial charge in [-0.05, 0) is 90.1 Å². The number of hydrogen-bond donors (Lipinski definition) is 0. The van der Waals surface area contributed by atoms with Gasteiger partial charge < -0.3 is 4.90 Å². The number of para-hydroxylation sites is 1. The zero-order valence-corrected chi connectivity index (χ0v) is 30.5. The average molecular weight is 716 g/mol. The lowest BCUT2D eigenvalue weighted by atomic mass is 9.81. The van der Waals surface area contributed by atoms with E-state index in [0.717, 1.165) is 52.8 Å². The lowest BCUT2D eigenvalue weighted by Crippen LogP contribution is -2.17. The van der Waals surface area contributed by atoms with E-state index < -0.39 is 0 Å². The molecule has 5 heteroatoms. The number of rotatable bonds is 4. The van der Waals surface area contributed by atoms with Gasteiger partial charge in [-0.2, -0.15) is 0 Å². The third-order valence-corrected chi connectivity index (χ3v) is 13.4. The molecule has 4 aliphatic rings. The molecular weight excluding hydrogens is 683 g/mol. The van der Waals surface area contributed by atoms with Crippen LogP contribution in [0.25, 0.3) is 44.7 Å². The fraction of sp³-hybridized carbons (Fsp3) is 0.0833. The summed E-state index contributed by atoms with van der Waals surface area (Å²) >= 11 is 3.82. The molecule has 0 amide bonds. The summed E-state index contributed by atoms with van der Waals surface area (Å²) in [5.41, 5.74) is 14.7. The Morgan fingerprint density at radius 1 is 0.604 bits per heavy atom. The van der Waals surface area contributed by atoms with E-state index >= 15 is 0 Å². The second kappa shape index (κ2) is 12.5. The first-order valence-electron chi connectivity index (χ1n) is 18.3. The minimum absolute atomic E-state index is 0.356. The van der Waals surface area contributed by atoms with Crippen LogP contribution in [0.15, 0.2) is 194 Å². The maximum absolute atomic E-state index is 5.11. The maximum Gasteiger partial charge on any atom is 0.160 e. The predicted octanol–water partition coefficient (Wildman–Crippen LogP) is 13.4. The van der Waals surface area contributed by atoms with Crippen molar-refractivity contribution < 1.29 is 0 Å². The SMILES string of the molecule is C1=CC2=C(CC1)CC1C(=C2)N(c2cccc(-c3ccc(-c4nc(-c5ccccc5)c5ccccc5n4)cc3)c2)c2cc3c(cc21)Sc1ccccc1S3. The lowest BCUT2D eigenvalue weighted by molar-refractivity contribution is 0.729. The van der Waals surface area contributed by atoms with Gasteiger partial charge in [0.1, 0.15) is 0 Å². The summed E-state index contributed by atoms with van der Waals surface area (Å²) in [6.07, 6.45) is 10.5. The summed E-state index contributed by atoms with van der Waals surface area (Å²) in [7, 11) is 0. The van der Waals surface area contributed by atoms with Gasteiger partial charge >= 0.3 is 0 Å². The number of anilines is 2. The molecule has 0 radical (unpaired) electrons. The number of allylic oxidation sites excluding steroid dienone is 6. The molecule has 0 saturated heterocycles. The topological polar surface area (TPSA) is 29.0 Å². The largest absolute Gasteiger partial charge is 0.313 e. The van der Waals surface area contributed by atoms with E-state index in [1.54, 1.807) is 5.57 Å². The molecule has 252 valence electrons. The first kappa shape index (κ1) is 31.0. The van der Waals surface area contributed by atoms with Gasteiger partial charge in [0.2, 0.25) is 0 Å². The molecule has 2 aliphatic carbocycles. The molecule has 3 heterocycles. The van der Waals surface area contributed by atoms with Crippen LogP contribution >= 0.6 is 23.5 Å². The van der Waals surface area contributed by atoms with Crippen molar-refractivity contribution in [1.29, 1.82) is 0 Å². The van der Waals surface area contributed by atoms with Gasteiger partial charge in [0, 0.05) is 53.4 Å². The van der Waals surface area contributed by atoms with Crippen molar-refractivity contribution >= 4 is 45.8 Å². The van der Waals surface area contributed by atoms with Crippen LogP contribution < -0.4 is 4.90 Å². The van der Waals surface area contributed by atoms with Crippen molar-refractivity contribution in [2.45, 2.75) is 44.8 Å². The van der Waals surface area contributed by atoms with Gasteiger partial charge in [-0.1, -0.05) is 138 Å². The van der Waals surface area contributed by atoms with Crippen LogP contribution in [0, 0.1) is 0 Å². The number of nitrogens with zero attached hydrogens (tertiary/aromatic N) is 3. The normalized spacial score (nSPS) is 16.8. The smallest absolute Gasteiger partial charge is 0.160 e. The Bertz CT molecular complexity index is 2710. The number of aromatic nitrogens is 2. The Morgan fingerprint density at radius 3 is 2.19 bits per heavy atom. The Kier molecular flexibility index (Phi) is 7.31. The molecule has 1 unspecified atom stereocenters. The fourth-order valence-corrected chi connectivity index (χ4v) is 10.6. The molecule has 0 N–H and O–H groups in total. The summed E-state index contributed by atoms with van der Waals surface area (Å²) < 4.78 is 0. The van der Waals surface area contributed by atoms with Gasteiger partial charge in [-0.25, -0.2) is 9.97 Å². The number of hydrogen-bond acceptors (Lipinski definition) is 5. The second-order valence-electron chi connectivity index (χ2n) is 14.1. The van der Waals surface area contributed by atoms with E-state index in [1.807, 2.05) is 35.7 Å². The van der Waals surface area contributed by atoms with Crippen LogP contribution in [0.5, 0.6) is 0 Å². The lowest BCUT2D eigenvalue weighted by Gasteiger charge is -2.29. The minimum Gasteiger partial charge on any atom is -0.313 e. The zero-order valence-electron chi connectivity index (χ0n) is 28.9. The molecule has 3 nitrogen and oxygen atoms in total.